The van der Waals surface area contributed by atoms with Gasteiger partial charge in [-0.25, -0.2) is 8.42 Å². The lowest BCUT2D eigenvalue weighted by atomic mass is 10.1. The molecule has 0 amide bonds. The molecule has 0 aromatic heterocycles. The van der Waals surface area contributed by atoms with Gasteiger partial charge in [0.25, 0.3) is 0 Å². The van der Waals surface area contributed by atoms with Crippen LogP contribution in [0.1, 0.15) is 50.2 Å². The molecule has 0 unspecified atom stereocenters. The van der Waals surface area contributed by atoms with E-state index in [9.17, 15) is 8.42 Å². The fraction of sp³-hybridized carbons (Fsp3) is 0.500. The quantitative estimate of drug-likeness (QED) is 0.278. The number of thioether (sulfide) groups is 1. The van der Waals surface area contributed by atoms with Gasteiger partial charge in [-0.3, -0.25) is 4.72 Å². The lowest BCUT2D eigenvalue weighted by Crippen LogP contribution is -2.43. The molecular weight excluding hydrogens is 488 g/mol. The van der Waals surface area contributed by atoms with Crippen LogP contribution in [0, 0.1) is 0 Å². The van der Waals surface area contributed by atoms with Crippen LogP contribution in [0.15, 0.2) is 47.9 Å². The Morgan fingerprint density at radius 2 is 1.83 bits per heavy atom. The summed E-state index contributed by atoms with van der Waals surface area (Å²) in [5.74, 6) is 1.16. The summed E-state index contributed by atoms with van der Waals surface area (Å²) in [6, 6.07) is 12.7. The van der Waals surface area contributed by atoms with E-state index in [2.05, 4.69) is 57.6 Å². The summed E-state index contributed by atoms with van der Waals surface area (Å²) in [6.07, 6.45) is 8.70. The van der Waals surface area contributed by atoms with Gasteiger partial charge in [0.2, 0.25) is 10.0 Å². The van der Waals surface area contributed by atoms with Crippen molar-refractivity contribution in [2.75, 3.05) is 59.3 Å². The van der Waals surface area contributed by atoms with E-state index in [0.717, 1.165) is 61.8 Å². The summed E-state index contributed by atoms with van der Waals surface area (Å²) < 4.78 is 26.9. The molecule has 0 radical (unpaired) electrons. The average Bonchev–Trinajstić information content (AvgIpc) is 3.29. The van der Waals surface area contributed by atoms with E-state index in [0.29, 0.717) is 5.69 Å². The second-order valence-corrected chi connectivity index (χ2v) is 12.7. The predicted octanol–water partition coefficient (Wildman–Crippen LogP) is 5.56. The van der Waals surface area contributed by atoms with E-state index in [-0.39, 0.29) is 0 Å². The fourth-order valence-corrected chi connectivity index (χ4v) is 6.52. The van der Waals surface area contributed by atoms with Crippen LogP contribution < -0.4 is 19.8 Å². The first-order valence-electron chi connectivity index (χ1n) is 13.2. The molecule has 8 heteroatoms. The zero-order valence-corrected chi connectivity index (χ0v) is 23.3. The summed E-state index contributed by atoms with van der Waals surface area (Å²) in [4.78, 5) is 5.90. The van der Waals surface area contributed by atoms with Gasteiger partial charge in [-0.05, 0) is 60.6 Å². The Labute approximate surface area is 221 Å². The van der Waals surface area contributed by atoms with Gasteiger partial charge in [0.1, 0.15) is 0 Å². The van der Waals surface area contributed by atoms with Gasteiger partial charge < -0.3 is 15.1 Å². The van der Waals surface area contributed by atoms with Crippen molar-refractivity contribution in [3.63, 3.8) is 0 Å². The molecule has 2 aromatic carbocycles. The van der Waals surface area contributed by atoms with Crippen LogP contribution in [0.5, 0.6) is 0 Å². The monoisotopic (exact) mass is 528 g/mol. The number of hydrogen-bond donors (Lipinski definition) is 2. The first kappa shape index (κ1) is 26.9. The molecule has 0 saturated carbocycles. The Balaban J connectivity index is 1.52. The number of nitrogens with zero attached hydrogens (tertiary/aromatic N) is 2. The minimum Gasteiger partial charge on any atom is -0.369 e. The zero-order chi connectivity index (χ0) is 25.5. The fourth-order valence-electron chi connectivity index (χ4n) is 4.97. The molecular formula is C28H40N4O2S2. The van der Waals surface area contributed by atoms with Crippen molar-refractivity contribution in [2.45, 2.75) is 50.3 Å². The van der Waals surface area contributed by atoms with Crippen molar-refractivity contribution in [1.29, 1.82) is 0 Å². The number of unbranched alkanes of at least 4 members (excludes halogenated alkanes) is 4. The van der Waals surface area contributed by atoms with Crippen molar-refractivity contribution in [3.8, 4) is 0 Å². The van der Waals surface area contributed by atoms with Gasteiger partial charge in [-0.1, -0.05) is 39.2 Å². The highest BCUT2D eigenvalue weighted by Crippen LogP contribution is 2.39. The Bertz CT molecular complexity index is 1160. The van der Waals surface area contributed by atoms with Crippen molar-refractivity contribution in [2.24, 2.45) is 0 Å². The molecule has 2 N–H and O–H groups in total. The molecule has 2 heterocycles. The number of sulfonamides is 1. The number of benzene rings is 2. The predicted molar refractivity (Wildman–Crippen MR) is 156 cm³/mol. The number of fused-ring (bicyclic) bond motifs is 1. The SMILES string of the molecule is C=C(c1cc(N2CCNCC2)ccc1NS(C)(=O)=O)N1CCc2cc(SCCCCCCC)ccc21. The van der Waals surface area contributed by atoms with Gasteiger partial charge in [0.15, 0.2) is 0 Å². The van der Waals surface area contributed by atoms with Crippen molar-refractivity contribution in [1.82, 2.24) is 5.32 Å². The Morgan fingerprint density at radius 1 is 1.06 bits per heavy atom. The van der Waals surface area contributed by atoms with Crippen LogP contribution in [0.2, 0.25) is 0 Å². The van der Waals surface area contributed by atoms with Gasteiger partial charge in [-0.2, -0.15) is 0 Å². The highest BCUT2D eigenvalue weighted by Gasteiger charge is 2.25. The van der Waals surface area contributed by atoms with Crippen molar-refractivity contribution < 1.29 is 8.42 Å². The van der Waals surface area contributed by atoms with Crippen LogP contribution in [0.4, 0.5) is 17.1 Å². The van der Waals surface area contributed by atoms with Crippen LogP contribution in [0.3, 0.4) is 0 Å². The first-order valence-corrected chi connectivity index (χ1v) is 16.0. The zero-order valence-electron chi connectivity index (χ0n) is 21.7. The van der Waals surface area contributed by atoms with Crippen LogP contribution >= 0.6 is 11.8 Å². The molecule has 2 aromatic rings. The van der Waals surface area contributed by atoms with E-state index in [1.165, 1.54) is 54.5 Å². The summed E-state index contributed by atoms with van der Waals surface area (Å²) >= 11 is 1.95. The molecule has 2 aliphatic rings. The van der Waals surface area contributed by atoms with Gasteiger partial charge in [-0.15, -0.1) is 11.8 Å². The first-order chi connectivity index (χ1) is 17.4. The van der Waals surface area contributed by atoms with Gasteiger partial charge >= 0.3 is 0 Å². The van der Waals surface area contributed by atoms with E-state index in [1.54, 1.807) is 0 Å². The summed E-state index contributed by atoms with van der Waals surface area (Å²) in [5.41, 5.74) is 5.83. The number of anilines is 3. The maximum absolute atomic E-state index is 12.1. The molecule has 2 aliphatic heterocycles. The lowest BCUT2D eigenvalue weighted by Gasteiger charge is -2.31. The van der Waals surface area contributed by atoms with Crippen molar-refractivity contribution in [3.05, 3.63) is 54.1 Å². The third kappa shape index (κ3) is 6.99. The summed E-state index contributed by atoms with van der Waals surface area (Å²) in [5, 5.41) is 3.39. The molecule has 0 atom stereocenters. The lowest BCUT2D eigenvalue weighted by molar-refractivity contribution is 0.589. The molecule has 0 aliphatic carbocycles. The third-order valence-electron chi connectivity index (χ3n) is 6.88. The van der Waals surface area contributed by atoms with Crippen LogP contribution in [0.25, 0.3) is 5.70 Å². The standard InChI is InChI=1S/C28H40N4O2S2/c1-4-5-6-7-8-19-35-25-10-12-28-23(20-25)13-16-32(28)22(2)26-21-24(31-17-14-29-15-18-31)9-11-27(26)30-36(3,33)34/h9-12,20-21,29-30H,2,4-8,13-19H2,1,3H3. The van der Waals surface area contributed by atoms with E-state index in [1.807, 2.05) is 23.9 Å². The molecule has 1 saturated heterocycles. The minimum absolute atomic E-state index is 0.574. The van der Waals surface area contributed by atoms with E-state index >= 15 is 0 Å². The summed E-state index contributed by atoms with van der Waals surface area (Å²) in [7, 11) is -3.41. The van der Waals surface area contributed by atoms with Crippen molar-refractivity contribution >= 4 is 44.5 Å². The largest absolute Gasteiger partial charge is 0.369 e. The topological polar surface area (TPSA) is 64.7 Å². The highest BCUT2D eigenvalue weighted by molar-refractivity contribution is 7.99. The highest BCUT2D eigenvalue weighted by atomic mass is 32.2. The van der Waals surface area contributed by atoms with Crippen LogP contribution in [-0.2, 0) is 16.4 Å². The molecule has 6 nitrogen and oxygen atoms in total. The molecule has 1 fully saturated rings. The van der Waals surface area contributed by atoms with Gasteiger partial charge in [0.05, 0.1) is 11.9 Å². The second-order valence-electron chi connectivity index (χ2n) is 9.74. The normalized spacial score (nSPS) is 15.7. The Morgan fingerprint density at radius 3 is 2.58 bits per heavy atom. The second kappa shape index (κ2) is 12.4. The maximum Gasteiger partial charge on any atom is 0.229 e. The Hall–Kier alpha value is -2.16. The average molecular weight is 529 g/mol. The minimum atomic E-state index is -3.41. The summed E-state index contributed by atoms with van der Waals surface area (Å²) in [6.45, 7) is 11.3. The van der Waals surface area contributed by atoms with Crippen LogP contribution in [-0.4, -0.2) is 53.2 Å². The third-order valence-corrected chi connectivity index (χ3v) is 8.55. The van der Waals surface area contributed by atoms with E-state index < -0.39 is 10.0 Å². The molecule has 36 heavy (non-hydrogen) atoms. The number of hydrogen-bond acceptors (Lipinski definition) is 6. The molecule has 0 spiro atoms. The molecule has 4 rings (SSSR count). The smallest absolute Gasteiger partial charge is 0.229 e. The number of piperazine rings is 1. The number of nitrogens with one attached hydrogen (secondary N) is 2. The number of rotatable bonds is 12. The Kier molecular flexibility index (Phi) is 9.25. The maximum atomic E-state index is 12.1. The molecule has 196 valence electrons. The van der Waals surface area contributed by atoms with E-state index in [4.69, 9.17) is 0 Å². The van der Waals surface area contributed by atoms with Gasteiger partial charge in [0, 0.05) is 60.3 Å². The molecule has 0 bridgehead atoms.